The Morgan fingerprint density at radius 3 is 1.13 bits per heavy atom. The van der Waals surface area contributed by atoms with E-state index in [1.807, 2.05) is 45.8 Å². The van der Waals surface area contributed by atoms with Crippen molar-refractivity contribution in [2.45, 2.75) is 109 Å². The van der Waals surface area contributed by atoms with Crippen LogP contribution in [0.4, 0.5) is 35.1 Å². The molecule has 28 nitrogen and oxygen atoms in total. The third kappa shape index (κ3) is 29.1. The van der Waals surface area contributed by atoms with Crippen molar-refractivity contribution in [1.29, 1.82) is 0 Å². The van der Waals surface area contributed by atoms with Crippen molar-refractivity contribution in [3.63, 3.8) is 0 Å². The fourth-order valence-electron chi connectivity index (χ4n) is 17.1. The number of aromatic nitrogens is 6. The number of morpholine rings is 2. The van der Waals surface area contributed by atoms with Crippen LogP contribution in [0.5, 0.6) is 17.2 Å². The molecule has 5 heterocycles. The van der Waals surface area contributed by atoms with Crippen LogP contribution in [0, 0.1) is 11.6 Å². The molecule has 2 aliphatic heterocycles. The van der Waals surface area contributed by atoms with E-state index in [1.165, 1.54) is 9.13 Å². The van der Waals surface area contributed by atoms with Crippen molar-refractivity contribution in [3.8, 4) is 34.3 Å². The molecule has 0 radical (unpaired) electrons. The number of halogens is 10. The number of carbonyl (C=O) groups is 4. The Bertz CT molecular complexity index is 6490. The third-order valence-electron chi connectivity index (χ3n) is 24.3. The molecule has 2 aliphatic rings. The first-order valence-electron chi connectivity index (χ1n) is 47.6. The number of nitrogens with two attached hydrogens (primary N) is 1. The maximum atomic E-state index is 14.6. The molecule has 2 fully saturated rings. The van der Waals surface area contributed by atoms with Gasteiger partial charge in [0.25, 0.3) is 16.7 Å². The second-order valence-corrected chi connectivity index (χ2v) is 35.4. The minimum Gasteiger partial charge on any atom is -0.494 e. The van der Waals surface area contributed by atoms with Gasteiger partial charge in [-0.15, -0.1) is 0 Å². The van der Waals surface area contributed by atoms with Gasteiger partial charge in [0.1, 0.15) is 46.4 Å². The molecule has 3 unspecified atom stereocenters. The second kappa shape index (κ2) is 52.1. The topological polar surface area (TPSA) is 301 Å². The number of benzene rings is 9. The van der Waals surface area contributed by atoms with Crippen LogP contribution in [-0.2, 0) is 60.3 Å². The number of hydrogen-bond donors (Lipinski definition) is 4. The van der Waals surface area contributed by atoms with Gasteiger partial charge in [-0.05, 0) is 257 Å². The summed E-state index contributed by atoms with van der Waals surface area (Å²) in [5.41, 5.74) is 6.05. The van der Waals surface area contributed by atoms with E-state index in [4.69, 9.17) is 67.6 Å². The number of likely N-dealkylation sites (N-methyl/N-ethyl adjacent to an activating group) is 1. The number of carbonyl (C=O) groups excluding carboxylic acids is 4. The Kier molecular flexibility index (Phi) is 39.8. The molecule has 14 rings (SSSR count). The summed E-state index contributed by atoms with van der Waals surface area (Å²) in [4.78, 5) is 124. The molecule has 2 saturated heterocycles. The molecular formula is C105H120Cl2F8N16O12. The Morgan fingerprint density at radius 1 is 0.448 bits per heavy atom. The van der Waals surface area contributed by atoms with Crippen LogP contribution < -0.4 is 52.6 Å². The molecule has 0 aliphatic carbocycles. The molecule has 4 atom stereocenters. The first kappa shape index (κ1) is 109. The van der Waals surface area contributed by atoms with Crippen molar-refractivity contribution >= 4 is 79.5 Å². The summed E-state index contributed by atoms with van der Waals surface area (Å²) in [7, 11) is 7.39. The first-order chi connectivity index (χ1) is 68.7. The lowest BCUT2D eigenvalue weighted by Crippen LogP contribution is -2.46. The molecular weight excluding hydrogens is 1900 g/mol. The molecule has 12 aromatic rings. The summed E-state index contributed by atoms with van der Waals surface area (Å²) >= 11 is 12.4. The van der Waals surface area contributed by atoms with Crippen LogP contribution in [0.25, 0.3) is 49.8 Å². The van der Waals surface area contributed by atoms with Gasteiger partial charge in [0.2, 0.25) is 23.6 Å². The minimum atomic E-state index is -4.86. The summed E-state index contributed by atoms with van der Waals surface area (Å²) in [6.45, 7) is 17.5. The number of rotatable bonds is 41. The van der Waals surface area contributed by atoms with E-state index >= 15 is 0 Å². The molecule has 9 aromatic carbocycles. The van der Waals surface area contributed by atoms with Crippen molar-refractivity contribution in [3.05, 3.63) is 298 Å². The highest BCUT2D eigenvalue weighted by Gasteiger charge is 2.39. The van der Waals surface area contributed by atoms with E-state index < -0.39 is 71.1 Å². The number of para-hydroxylation sites is 3. The highest BCUT2D eigenvalue weighted by Crippen LogP contribution is 2.38. The number of ether oxygens (including phenoxy) is 5. The van der Waals surface area contributed by atoms with Crippen LogP contribution in [0.2, 0.25) is 10.0 Å². The highest BCUT2D eigenvalue weighted by atomic mass is 35.5. The van der Waals surface area contributed by atoms with Gasteiger partial charge in [-0.3, -0.25) is 57.1 Å². The molecule has 4 amide bonds. The van der Waals surface area contributed by atoms with Gasteiger partial charge in [0, 0.05) is 72.0 Å². The predicted octanol–water partition coefficient (Wildman–Crippen LogP) is 15.0. The molecule has 38 heteroatoms. The van der Waals surface area contributed by atoms with Gasteiger partial charge in [0.05, 0.1) is 161 Å². The quantitative estimate of drug-likeness (QED) is 0.0259. The number of nitrogens with one attached hydrogen (secondary N) is 3. The predicted molar refractivity (Wildman–Crippen MR) is 535 cm³/mol. The fraction of sp³-hybridized carbons (Fsp3) is 0.390. The van der Waals surface area contributed by atoms with E-state index in [0.717, 1.165) is 37.4 Å². The Morgan fingerprint density at radius 2 is 0.790 bits per heavy atom. The summed E-state index contributed by atoms with van der Waals surface area (Å²) in [6, 6.07) is 49.6. The Hall–Kier alpha value is -12.6. The third-order valence-corrected chi connectivity index (χ3v) is 25.1. The standard InChI is InChI=1S/C36H41F4N5O4.C35H39F4N5O4.C34H40Cl2N6O4/c1-3-49-27-12-10-26(11-13-27)45-34(42-31-8-5-4-7-28(31)35(45)47)32(15-16-41-2)44(18-6-17-43-19-21-48-22-20-43)33(46)24-25-9-14-29(30(37)23-25)36(38,39)40;1-3-48-26-11-9-25(10-12-26)44-33(41-30-7-5-4-6-27(30)34(44)46)31(14-15-40-2)43(17-16-42-18-20-47-21-19-42)32(45)23-24-8-13-28(29(36)22-24)35(37,38)39;1-5-46-25-13-11-24(12-14-25)42-32(39-29-9-7-6-8-26(29)34(42)45)30(16-17-38-33(44)22(2)37)41(19-18-40(3)4)31(43)21-23-10-15-27(35)28(36)20-23/h4-5,7-14,23,32,41H,3,6,15-22,24H2,1-2H3;4-13,22,31,40H,3,14-21,23H2,1-2H3;6-15,20,22,30H,5,16-19,21,37H2,1-4H3,(H,38,44)/t;;22-,30?/m..1/s1. The maximum Gasteiger partial charge on any atom is 0.419 e. The van der Waals surface area contributed by atoms with Crippen molar-refractivity contribution in [2.24, 2.45) is 5.73 Å². The first-order valence-corrected chi connectivity index (χ1v) is 48.3. The van der Waals surface area contributed by atoms with Crippen LogP contribution in [0.15, 0.2) is 215 Å². The number of nitrogens with zero attached hydrogens (tertiary/aromatic N) is 12. The lowest BCUT2D eigenvalue weighted by atomic mass is 10.0. The summed E-state index contributed by atoms with van der Waals surface area (Å²) < 4.78 is 141. The van der Waals surface area contributed by atoms with Gasteiger partial charge in [-0.25, -0.2) is 23.7 Å². The van der Waals surface area contributed by atoms with Gasteiger partial charge < -0.3 is 65.0 Å². The van der Waals surface area contributed by atoms with Gasteiger partial charge >= 0.3 is 12.4 Å². The lowest BCUT2D eigenvalue weighted by molar-refractivity contribution is -0.140. The average Bonchev–Trinajstić information content (AvgIpc) is 0.763. The van der Waals surface area contributed by atoms with Crippen LogP contribution in [0.1, 0.15) is 117 Å². The monoisotopic (exact) mass is 2020 g/mol. The largest absolute Gasteiger partial charge is 0.494 e. The summed E-state index contributed by atoms with van der Waals surface area (Å²) in [5.74, 6) is -1.34. The molecule has 3 aromatic heterocycles. The summed E-state index contributed by atoms with van der Waals surface area (Å²) in [5, 5.41) is 11.1. The zero-order valence-electron chi connectivity index (χ0n) is 81.1. The summed E-state index contributed by atoms with van der Waals surface area (Å²) in [6.07, 6.45) is -8.82. The van der Waals surface area contributed by atoms with E-state index in [9.17, 15) is 68.7 Å². The van der Waals surface area contributed by atoms with E-state index in [1.54, 1.807) is 198 Å². The van der Waals surface area contributed by atoms with Crippen LogP contribution >= 0.6 is 23.2 Å². The van der Waals surface area contributed by atoms with Gasteiger partial charge in [-0.2, -0.15) is 26.3 Å². The average molecular weight is 2020 g/mol. The number of hydrogen-bond acceptors (Lipinski definition) is 21. The van der Waals surface area contributed by atoms with Gasteiger partial charge in [-0.1, -0.05) is 77.8 Å². The zero-order chi connectivity index (χ0) is 103. The maximum absolute atomic E-state index is 14.6. The van der Waals surface area contributed by atoms with Crippen molar-refractivity contribution < 1.29 is 78.0 Å². The lowest BCUT2D eigenvalue weighted by Gasteiger charge is -2.35. The molecule has 0 spiro atoms. The Labute approximate surface area is 833 Å². The number of amides is 4. The van der Waals surface area contributed by atoms with E-state index in [-0.39, 0.29) is 84.9 Å². The molecule has 143 heavy (non-hydrogen) atoms. The minimum absolute atomic E-state index is 0.0356. The SMILES string of the molecule is CCOc1ccc(-n2c(C(CCNC(=O)[C@@H](C)N)N(CCN(C)C)C(=O)Cc3ccc(Cl)c(Cl)c3)nc3ccccc3c2=O)cc1.CCOc1ccc(-n2c(C(CCNC)N(CCCN3CCOCC3)C(=O)Cc3ccc(C(F)(F)F)c(F)c3)nc3ccccc3c2=O)cc1.CCOc1ccc(-n2c(C(CCNC)N(CCN3CCOCC3)C(=O)Cc3ccc(C(F)(F)F)c(F)c3)nc3ccccc3c2=O)cc1. The fourth-order valence-corrected chi connectivity index (χ4v) is 17.4. The van der Waals surface area contributed by atoms with Crippen LogP contribution in [0.3, 0.4) is 0 Å². The molecule has 762 valence electrons. The number of alkyl halides is 6. The molecule has 0 saturated carbocycles. The molecule has 0 bridgehead atoms. The Balaban J connectivity index is 0.000000191. The zero-order valence-corrected chi connectivity index (χ0v) is 82.6. The van der Waals surface area contributed by atoms with Gasteiger partial charge in [0.15, 0.2) is 0 Å². The normalized spacial score (nSPS) is 14.0. The van der Waals surface area contributed by atoms with Crippen LogP contribution in [-0.4, -0.2) is 247 Å². The molecule has 5 N–H and O–H groups in total. The van der Waals surface area contributed by atoms with E-state index in [0.29, 0.717) is 230 Å². The number of fused-ring (bicyclic) bond motifs is 3. The van der Waals surface area contributed by atoms with Crippen molar-refractivity contribution in [1.82, 2.24) is 74.0 Å². The van der Waals surface area contributed by atoms with E-state index in [2.05, 4.69) is 25.8 Å². The highest BCUT2D eigenvalue weighted by molar-refractivity contribution is 6.42. The second-order valence-electron chi connectivity index (χ2n) is 34.6. The van der Waals surface area contributed by atoms with Crippen molar-refractivity contribution in [2.75, 3.05) is 160 Å². The smallest absolute Gasteiger partial charge is 0.419 e.